The predicted molar refractivity (Wildman–Crippen MR) is 87.1 cm³/mol. The van der Waals surface area contributed by atoms with Gasteiger partial charge in [0.05, 0.1) is 0 Å². The fourth-order valence-electron chi connectivity index (χ4n) is 2.81. The van der Waals surface area contributed by atoms with E-state index in [1.807, 2.05) is 30.6 Å². The zero-order chi connectivity index (χ0) is 17.5. The van der Waals surface area contributed by atoms with Gasteiger partial charge in [-0.05, 0) is 6.92 Å². The molecular weight excluding hydrogens is 310 g/mol. The van der Waals surface area contributed by atoms with Gasteiger partial charge in [0.1, 0.15) is 17.0 Å². The zero-order valence-electron chi connectivity index (χ0n) is 14.8. The summed E-state index contributed by atoms with van der Waals surface area (Å²) in [6, 6.07) is 0.510. The summed E-state index contributed by atoms with van der Waals surface area (Å²) >= 11 is 0. The molecule has 0 spiro atoms. The van der Waals surface area contributed by atoms with Crippen molar-refractivity contribution in [3.63, 3.8) is 0 Å². The van der Waals surface area contributed by atoms with Crippen LogP contribution in [-0.4, -0.2) is 52.3 Å². The molecule has 0 aromatic carbocycles. The van der Waals surface area contributed by atoms with Crippen LogP contribution in [0.1, 0.15) is 48.5 Å². The molecule has 0 N–H and O–H groups in total. The monoisotopic (exact) mass is 333 g/mol. The number of piperazine rings is 1. The minimum absolute atomic E-state index is 0.0277. The van der Waals surface area contributed by atoms with Crippen molar-refractivity contribution in [2.75, 3.05) is 31.1 Å². The van der Waals surface area contributed by atoms with Crippen molar-refractivity contribution < 1.29 is 13.7 Å². The summed E-state index contributed by atoms with van der Waals surface area (Å²) in [4.78, 5) is 16.8. The van der Waals surface area contributed by atoms with E-state index in [2.05, 4.69) is 15.4 Å². The molecule has 3 heterocycles. The third-order valence-corrected chi connectivity index (χ3v) is 4.14. The lowest BCUT2D eigenvalue weighted by Gasteiger charge is -2.34. The number of hydrogen-bond donors (Lipinski definition) is 0. The highest BCUT2D eigenvalue weighted by atomic mass is 16.5. The second-order valence-corrected chi connectivity index (χ2v) is 7.10. The van der Waals surface area contributed by atoms with Crippen molar-refractivity contribution in [3.8, 4) is 0 Å². The fraction of sp³-hybridized carbons (Fsp3) is 0.625. The molecule has 24 heavy (non-hydrogen) atoms. The molecule has 8 heteroatoms. The van der Waals surface area contributed by atoms with Crippen LogP contribution in [0.4, 0.5) is 6.01 Å². The van der Waals surface area contributed by atoms with Gasteiger partial charge in [0, 0.05) is 38.5 Å². The Hall–Kier alpha value is -2.38. The second-order valence-electron chi connectivity index (χ2n) is 7.10. The lowest BCUT2D eigenvalue weighted by Crippen LogP contribution is -2.49. The highest BCUT2D eigenvalue weighted by Crippen LogP contribution is 2.28. The SMILES string of the molecule is Cc1nnc(N2CCN(C(=O)c3c(C(C)(C)C)noc3C)CC2)o1. The molecule has 0 unspecified atom stereocenters. The molecule has 0 aliphatic carbocycles. The molecule has 1 fully saturated rings. The van der Waals surface area contributed by atoms with Gasteiger partial charge < -0.3 is 18.7 Å². The van der Waals surface area contributed by atoms with Crippen LogP contribution in [0.25, 0.3) is 0 Å². The van der Waals surface area contributed by atoms with Crippen LogP contribution >= 0.6 is 0 Å². The van der Waals surface area contributed by atoms with Crippen LogP contribution in [0.2, 0.25) is 0 Å². The van der Waals surface area contributed by atoms with E-state index in [9.17, 15) is 4.79 Å². The minimum atomic E-state index is -0.244. The van der Waals surface area contributed by atoms with Gasteiger partial charge in [-0.3, -0.25) is 4.79 Å². The number of carbonyl (C=O) groups excluding carboxylic acids is 1. The number of anilines is 1. The standard InChI is InChI=1S/C16H23N5O3/c1-10-12(13(19-24-10)16(3,4)5)14(22)20-6-8-21(9-7-20)15-18-17-11(2)23-15/h6-9H2,1-5H3. The average Bonchev–Trinajstić information content (AvgIpc) is 3.12. The van der Waals surface area contributed by atoms with Gasteiger partial charge in [-0.25, -0.2) is 0 Å². The lowest BCUT2D eigenvalue weighted by molar-refractivity contribution is 0.0741. The minimum Gasteiger partial charge on any atom is -0.408 e. The van der Waals surface area contributed by atoms with Gasteiger partial charge in [-0.15, -0.1) is 5.10 Å². The molecule has 1 amide bonds. The maximum atomic E-state index is 13.0. The van der Waals surface area contributed by atoms with Crippen LogP contribution in [0.3, 0.4) is 0 Å². The van der Waals surface area contributed by atoms with E-state index in [0.717, 1.165) is 0 Å². The first-order valence-electron chi connectivity index (χ1n) is 8.08. The first-order chi connectivity index (χ1) is 11.3. The van der Waals surface area contributed by atoms with E-state index in [0.29, 0.717) is 55.1 Å². The van der Waals surface area contributed by atoms with Crippen molar-refractivity contribution in [2.24, 2.45) is 0 Å². The Balaban J connectivity index is 1.73. The number of aromatic nitrogens is 3. The fourth-order valence-corrected chi connectivity index (χ4v) is 2.81. The molecule has 8 nitrogen and oxygen atoms in total. The van der Waals surface area contributed by atoms with E-state index in [1.54, 1.807) is 13.8 Å². The zero-order valence-corrected chi connectivity index (χ0v) is 14.8. The van der Waals surface area contributed by atoms with E-state index < -0.39 is 0 Å². The van der Waals surface area contributed by atoms with E-state index in [-0.39, 0.29) is 11.3 Å². The van der Waals surface area contributed by atoms with Crippen molar-refractivity contribution in [1.82, 2.24) is 20.3 Å². The Morgan fingerprint density at radius 1 is 1.08 bits per heavy atom. The predicted octanol–water partition coefficient (Wildman–Crippen LogP) is 1.93. The molecule has 0 saturated carbocycles. The highest BCUT2D eigenvalue weighted by Gasteiger charge is 2.33. The van der Waals surface area contributed by atoms with E-state index in [4.69, 9.17) is 8.94 Å². The molecule has 2 aromatic rings. The van der Waals surface area contributed by atoms with Crippen molar-refractivity contribution in [1.29, 1.82) is 0 Å². The van der Waals surface area contributed by atoms with Crippen LogP contribution in [-0.2, 0) is 5.41 Å². The molecule has 0 bridgehead atoms. The van der Waals surface area contributed by atoms with Crippen LogP contribution in [0.5, 0.6) is 0 Å². The Morgan fingerprint density at radius 3 is 2.29 bits per heavy atom. The third-order valence-electron chi connectivity index (χ3n) is 4.14. The van der Waals surface area contributed by atoms with Gasteiger partial charge in [0.25, 0.3) is 5.91 Å². The maximum absolute atomic E-state index is 13.0. The Kier molecular flexibility index (Phi) is 4.06. The van der Waals surface area contributed by atoms with Gasteiger partial charge in [-0.1, -0.05) is 31.0 Å². The van der Waals surface area contributed by atoms with Gasteiger partial charge in [0.2, 0.25) is 5.89 Å². The summed E-state index contributed by atoms with van der Waals surface area (Å²) in [5.74, 6) is 1.08. The Bertz CT molecular complexity index is 735. The summed E-state index contributed by atoms with van der Waals surface area (Å²) in [7, 11) is 0. The number of carbonyl (C=O) groups is 1. The lowest BCUT2D eigenvalue weighted by atomic mass is 9.88. The van der Waals surface area contributed by atoms with Gasteiger partial charge >= 0.3 is 6.01 Å². The molecule has 2 aromatic heterocycles. The van der Waals surface area contributed by atoms with Crippen LogP contribution < -0.4 is 4.90 Å². The normalized spacial score (nSPS) is 15.9. The smallest absolute Gasteiger partial charge is 0.318 e. The quantitative estimate of drug-likeness (QED) is 0.829. The number of rotatable bonds is 2. The first-order valence-corrected chi connectivity index (χ1v) is 8.08. The number of nitrogens with zero attached hydrogens (tertiary/aromatic N) is 5. The van der Waals surface area contributed by atoms with Gasteiger partial charge in [0.15, 0.2) is 0 Å². The summed E-state index contributed by atoms with van der Waals surface area (Å²) in [5.41, 5.74) is 1.05. The molecule has 1 aliphatic rings. The molecule has 1 aliphatic heterocycles. The summed E-state index contributed by atoms with van der Waals surface area (Å²) in [5, 5.41) is 12.0. The van der Waals surface area contributed by atoms with E-state index >= 15 is 0 Å². The first kappa shape index (κ1) is 16.5. The second kappa shape index (κ2) is 5.92. The maximum Gasteiger partial charge on any atom is 0.318 e. The average molecular weight is 333 g/mol. The largest absolute Gasteiger partial charge is 0.408 e. The summed E-state index contributed by atoms with van der Waals surface area (Å²) < 4.78 is 10.7. The van der Waals surface area contributed by atoms with E-state index in [1.165, 1.54) is 0 Å². The summed E-state index contributed by atoms with van der Waals surface area (Å²) in [6.45, 7) is 12.1. The molecular formula is C16H23N5O3. The molecule has 0 radical (unpaired) electrons. The Morgan fingerprint density at radius 2 is 1.75 bits per heavy atom. The molecule has 130 valence electrons. The molecule has 0 atom stereocenters. The summed E-state index contributed by atoms with van der Waals surface area (Å²) in [6.07, 6.45) is 0. The third kappa shape index (κ3) is 3.00. The molecule has 1 saturated heterocycles. The van der Waals surface area contributed by atoms with Crippen LogP contribution in [0, 0.1) is 13.8 Å². The highest BCUT2D eigenvalue weighted by molar-refractivity contribution is 5.96. The number of aryl methyl sites for hydroxylation is 2. The molecule has 3 rings (SSSR count). The van der Waals surface area contributed by atoms with Crippen molar-refractivity contribution in [2.45, 2.75) is 40.0 Å². The van der Waals surface area contributed by atoms with Gasteiger partial charge in [-0.2, -0.15) is 0 Å². The Labute approximate surface area is 140 Å². The number of hydrogen-bond acceptors (Lipinski definition) is 7. The number of amides is 1. The van der Waals surface area contributed by atoms with Crippen molar-refractivity contribution in [3.05, 3.63) is 22.9 Å². The van der Waals surface area contributed by atoms with Crippen LogP contribution in [0.15, 0.2) is 8.94 Å². The van der Waals surface area contributed by atoms with Crippen molar-refractivity contribution >= 4 is 11.9 Å². The topological polar surface area (TPSA) is 88.5 Å².